The molecule has 3 rings (SSSR count). The van der Waals surface area contributed by atoms with E-state index in [-0.39, 0.29) is 5.91 Å². The van der Waals surface area contributed by atoms with Crippen LogP contribution in [0.15, 0.2) is 60.7 Å². The average molecular weight is 282 g/mol. The minimum atomic E-state index is -0.811. The summed E-state index contributed by atoms with van der Waals surface area (Å²) in [4.78, 5) is 14.4. The van der Waals surface area contributed by atoms with E-state index in [2.05, 4.69) is 5.32 Å². The Kier molecular flexibility index (Phi) is 3.03. The Morgan fingerprint density at radius 2 is 1.55 bits per heavy atom. The van der Waals surface area contributed by atoms with Gasteiger partial charge in [-0.2, -0.15) is 0 Å². The molecule has 3 nitrogen and oxygen atoms in total. The van der Waals surface area contributed by atoms with Gasteiger partial charge in [-0.1, -0.05) is 48.5 Å². The highest BCUT2D eigenvalue weighted by Gasteiger charge is 2.47. The third kappa shape index (κ3) is 1.89. The predicted molar refractivity (Wildman–Crippen MR) is 83.5 cm³/mol. The zero-order chi connectivity index (χ0) is 14.2. The number of thiocarbonyl (C=S) groups is 1. The summed E-state index contributed by atoms with van der Waals surface area (Å²) in [6.07, 6.45) is 0. The number of nitrogens with zero attached hydrogens (tertiary/aromatic N) is 1. The van der Waals surface area contributed by atoms with Gasteiger partial charge in [0.15, 0.2) is 5.11 Å². The van der Waals surface area contributed by atoms with Crippen LogP contribution in [0.3, 0.4) is 0 Å². The zero-order valence-corrected chi connectivity index (χ0v) is 11.9. The van der Waals surface area contributed by atoms with Gasteiger partial charge in [-0.05, 0) is 36.8 Å². The van der Waals surface area contributed by atoms with Crippen LogP contribution in [-0.2, 0) is 10.3 Å². The van der Waals surface area contributed by atoms with Crippen LogP contribution in [0.2, 0.25) is 0 Å². The number of carbonyl (C=O) groups excluding carboxylic acids is 1. The SMILES string of the molecule is CC1(c2ccccc2)NC(=S)N(c2ccccc2)C1=O. The second-order valence-corrected chi connectivity index (χ2v) is 5.28. The van der Waals surface area contributed by atoms with Crippen molar-refractivity contribution in [3.05, 3.63) is 66.2 Å². The number of amides is 1. The van der Waals surface area contributed by atoms with E-state index < -0.39 is 5.54 Å². The van der Waals surface area contributed by atoms with E-state index in [0.29, 0.717) is 5.11 Å². The van der Waals surface area contributed by atoms with Crippen LogP contribution >= 0.6 is 12.2 Å². The molecule has 1 saturated heterocycles. The Morgan fingerprint density at radius 1 is 1.00 bits per heavy atom. The Balaban J connectivity index is 2.03. The van der Waals surface area contributed by atoms with E-state index in [4.69, 9.17) is 12.2 Å². The molecular weight excluding hydrogens is 268 g/mol. The summed E-state index contributed by atoms with van der Waals surface area (Å²) in [6.45, 7) is 1.86. The number of carbonyl (C=O) groups is 1. The maximum atomic E-state index is 12.8. The smallest absolute Gasteiger partial charge is 0.263 e. The van der Waals surface area contributed by atoms with Gasteiger partial charge in [0.05, 0.1) is 5.69 Å². The fourth-order valence-electron chi connectivity index (χ4n) is 2.42. The molecule has 1 aliphatic rings. The molecule has 0 saturated carbocycles. The minimum absolute atomic E-state index is 0.0556. The summed E-state index contributed by atoms with van der Waals surface area (Å²) in [5, 5.41) is 3.59. The van der Waals surface area contributed by atoms with Crippen LogP contribution in [0.4, 0.5) is 5.69 Å². The number of rotatable bonds is 2. The van der Waals surface area contributed by atoms with Gasteiger partial charge >= 0.3 is 0 Å². The summed E-state index contributed by atoms with van der Waals surface area (Å²) in [6, 6.07) is 19.1. The highest BCUT2D eigenvalue weighted by molar-refractivity contribution is 7.80. The van der Waals surface area contributed by atoms with Gasteiger partial charge in [0, 0.05) is 0 Å². The summed E-state index contributed by atoms with van der Waals surface area (Å²) in [7, 11) is 0. The van der Waals surface area contributed by atoms with Crippen molar-refractivity contribution >= 4 is 28.9 Å². The molecule has 2 aromatic rings. The second-order valence-electron chi connectivity index (χ2n) is 4.90. The van der Waals surface area contributed by atoms with Crippen molar-refractivity contribution in [2.75, 3.05) is 4.90 Å². The minimum Gasteiger partial charge on any atom is -0.344 e. The normalized spacial score (nSPS) is 21.9. The number of benzene rings is 2. The third-order valence-electron chi connectivity index (χ3n) is 3.56. The van der Waals surface area contributed by atoms with Gasteiger partial charge in [0.2, 0.25) is 0 Å². The van der Waals surface area contributed by atoms with Gasteiger partial charge in [0.25, 0.3) is 5.91 Å². The van der Waals surface area contributed by atoms with Gasteiger partial charge in [-0.15, -0.1) is 0 Å². The molecule has 1 heterocycles. The topological polar surface area (TPSA) is 32.3 Å². The van der Waals surface area contributed by atoms with Crippen molar-refractivity contribution in [3.8, 4) is 0 Å². The Bertz CT molecular complexity index is 657. The van der Waals surface area contributed by atoms with Crippen molar-refractivity contribution in [3.63, 3.8) is 0 Å². The first-order valence-corrected chi connectivity index (χ1v) is 6.81. The molecular formula is C16H14N2OS. The molecule has 2 aromatic carbocycles. The van der Waals surface area contributed by atoms with E-state index in [9.17, 15) is 4.79 Å². The molecule has 1 aliphatic heterocycles. The van der Waals surface area contributed by atoms with Crippen LogP contribution in [0.1, 0.15) is 12.5 Å². The quantitative estimate of drug-likeness (QED) is 0.860. The largest absolute Gasteiger partial charge is 0.344 e. The molecule has 0 bridgehead atoms. The number of anilines is 1. The molecule has 1 unspecified atom stereocenters. The number of hydrogen-bond donors (Lipinski definition) is 1. The fraction of sp³-hybridized carbons (Fsp3) is 0.125. The van der Waals surface area contributed by atoms with E-state index in [1.54, 1.807) is 4.90 Å². The Morgan fingerprint density at radius 3 is 2.15 bits per heavy atom. The van der Waals surface area contributed by atoms with Crippen LogP contribution < -0.4 is 10.2 Å². The van der Waals surface area contributed by atoms with Crippen LogP contribution in [0.5, 0.6) is 0 Å². The highest BCUT2D eigenvalue weighted by Crippen LogP contribution is 2.31. The Labute approximate surface area is 123 Å². The molecule has 0 aromatic heterocycles. The van der Waals surface area contributed by atoms with Crippen molar-refractivity contribution in [1.82, 2.24) is 5.32 Å². The van der Waals surface area contributed by atoms with Crippen molar-refractivity contribution in [1.29, 1.82) is 0 Å². The fourth-order valence-corrected chi connectivity index (χ4v) is 2.81. The lowest BCUT2D eigenvalue weighted by Gasteiger charge is -2.22. The van der Waals surface area contributed by atoms with E-state index in [1.165, 1.54) is 0 Å². The zero-order valence-electron chi connectivity index (χ0n) is 11.0. The van der Waals surface area contributed by atoms with E-state index in [1.807, 2.05) is 67.6 Å². The summed E-state index contributed by atoms with van der Waals surface area (Å²) in [5.41, 5.74) is 0.884. The molecule has 1 N–H and O–H groups in total. The summed E-state index contributed by atoms with van der Waals surface area (Å²) >= 11 is 5.34. The third-order valence-corrected chi connectivity index (χ3v) is 3.84. The van der Waals surface area contributed by atoms with Gasteiger partial charge in [-0.3, -0.25) is 9.69 Å². The van der Waals surface area contributed by atoms with Crippen molar-refractivity contribution < 1.29 is 4.79 Å². The first kappa shape index (κ1) is 12.8. The lowest BCUT2D eigenvalue weighted by Crippen LogP contribution is -2.40. The number of hydrogen-bond acceptors (Lipinski definition) is 2. The molecule has 0 aliphatic carbocycles. The van der Waals surface area contributed by atoms with E-state index in [0.717, 1.165) is 11.3 Å². The number of nitrogens with one attached hydrogen (secondary N) is 1. The molecule has 1 fully saturated rings. The van der Waals surface area contributed by atoms with Crippen LogP contribution in [0, 0.1) is 0 Å². The summed E-state index contributed by atoms with van der Waals surface area (Å²) in [5.74, 6) is -0.0556. The molecule has 1 atom stereocenters. The average Bonchev–Trinajstić information content (AvgIpc) is 2.72. The molecule has 100 valence electrons. The maximum Gasteiger partial charge on any atom is 0.263 e. The standard InChI is InChI=1S/C16H14N2OS/c1-16(12-8-4-2-5-9-12)14(19)18(15(20)17-16)13-10-6-3-7-11-13/h2-11H,1H3,(H,17,20). The van der Waals surface area contributed by atoms with Crippen LogP contribution in [0.25, 0.3) is 0 Å². The first-order valence-electron chi connectivity index (χ1n) is 6.40. The monoisotopic (exact) mass is 282 g/mol. The van der Waals surface area contributed by atoms with Crippen molar-refractivity contribution in [2.45, 2.75) is 12.5 Å². The Hall–Kier alpha value is -2.20. The maximum absolute atomic E-state index is 12.8. The summed E-state index contributed by atoms with van der Waals surface area (Å²) < 4.78 is 0. The van der Waals surface area contributed by atoms with Crippen LogP contribution in [-0.4, -0.2) is 11.0 Å². The lowest BCUT2D eigenvalue weighted by molar-refractivity contribution is -0.121. The molecule has 0 spiro atoms. The van der Waals surface area contributed by atoms with Gasteiger partial charge < -0.3 is 5.32 Å². The molecule has 1 amide bonds. The second kappa shape index (κ2) is 4.72. The molecule has 0 radical (unpaired) electrons. The van der Waals surface area contributed by atoms with E-state index >= 15 is 0 Å². The van der Waals surface area contributed by atoms with Gasteiger partial charge in [0.1, 0.15) is 5.54 Å². The van der Waals surface area contributed by atoms with Gasteiger partial charge in [-0.25, -0.2) is 0 Å². The first-order chi connectivity index (χ1) is 9.63. The lowest BCUT2D eigenvalue weighted by atomic mass is 9.92. The highest BCUT2D eigenvalue weighted by atomic mass is 32.1. The van der Waals surface area contributed by atoms with Crippen molar-refractivity contribution in [2.24, 2.45) is 0 Å². The molecule has 4 heteroatoms. The number of para-hydroxylation sites is 1. The predicted octanol–water partition coefficient (Wildman–Crippen LogP) is 2.82. The molecule has 20 heavy (non-hydrogen) atoms.